The van der Waals surface area contributed by atoms with Crippen LogP contribution in [0.5, 0.6) is 0 Å². The molecule has 0 amide bonds. The highest BCUT2D eigenvalue weighted by atomic mass is 35.7. The summed E-state index contributed by atoms with van der Waals surface area (Å²) in [6.45, 7) is 6.72. The van der Waals surface area contributed by atoms with Crippen LogP contribution >= 0.6 is 21.7 Å². The maximum atomic E-state index is 10.5. The summed E-state index contributed by atoms with van der Waals surface area (Å²) in [6, 6.07) is 5.52. The van der Waals surface area contributed by atoms with Gasteiger partial charge in [-0.15, -0.1) is 4.91 Å². The Balaban J connectivity index is 0.000000322. The molecular weight excluding hydrogens is 332 g/mol. The summed E-state index contributed by atoms with van der Waals surface area (Å²) in [5.74, 6) is 0.376. The van der Waals surface area contributed by atoms with Crippen LogP contribution in [0.25, 0.3) is 6.08 Å². The Morgan fingerprint density at radius 2 is 2.04 bits per heavy atom. The van der Waals surface area contributed by atoms with Crippen LogP contribution in [0.1, 0.15) is 38.7 Å². The molecule has 3 N–H and O–H groups in total. The number of nitrogens with two attached hydrogens (primary N) is 1. The van der Waals surface area contributed by atoms with Crippen LogP contribution in [0.4, 0.5) is 5.69 Å². The zero-order valence-electron chi connectivity index (χ0n) is 13.5. The number of rotatable bonds is 6. The minimum atomic E-state index is 0.279. The van der Waals surface area contributed by atoms with Crippen molar-refractivity contribution < 1.29 is 0 Å². The largest absolute Gasteiger partial charge is 0.387 e. The Morgan fingerprint density at radius 1 is 1.35 bits per heavy atom. The van der Waals surface area contributed by atoms with E-state index >= 15 is 0 Å². The zero-order valence-corrected chi connectivity index (χ0v) is 15.1. The van der Waals surface area contributed by atoms with E-state index in [0.717, 1.165) is 21.4 Å². The molecule has 0 aliphatic carbocycles. The van der Waals surface area contributed by atoms with Gasteiger partial charge in [0.2, 0.25) is 0 Å². The van der Waals surface area contributed by atoms with Gasteiger partial charge in [-0.25, -0.2) is 4.99 Å². The summed E-state index contributed by atoms with van der Waals surface area (Å²) in [5, 5.41) is 6.20. The number of nitroso groups, excluding NO2 is 1. The number of fused-ring (bicyclic) bond motifs is 1. The Labute approximate surface area is 146 Å². The highest BCUT2D eigenvalue weighted by Gasteiger charge is 2.10. The molecule has 0 saturated carbocycles. The second-order valence-corrected chi connectivity index (χ2v) is 6.14. The summed E-state index contributed by atoms with van der Waals surface area (Å²) in [5.41, 5.74) is 7.59. The Bertz CT molecular complexity index is 571. The van der Waals surface area contributed by atoms with Crippen LogP contribution in [0.2, 0.25) is 0 Å². The van der Waals surface area contributed by atoms with Gasteiger partial charge in [-0.1, -0.05) is 19.9 Å². The molecule has 1 heterocycles. The van der Waals surface area contributed by atoms with Crippen molar-refractivity contribution in [3.63, 3.8) is 0 Å². The number of halogens is 1. The standard InChI is InChI=1S/C10H8ClN3OS.C6H15N/c11-16-8-2-1-6-3-7(14-15)4-10(12)13-9(6)5-8;1-3-5-7-6-4-2/h1-3,5H,4H2,(H2,12,13);7H,3-6H2,1-2H3. The van der Waals surface area contributed by atoms with Crippen molar-refractivity contribution in [1.29, 1.82) is 0 Å². The third kappa shape index (κ3) is 7.16. The number of hydrogen-bond donors (Lipinski definition) is 2. The molecule has 0 bridgehead atoms. The normalized spacial score (nSPS) is 13.0. The number of amidine groups is 1. The number of nitrogens with one attached hydrogen (secondary N) is 1. The fraction of sp³-hybridized carbons (Fsp3) is 0.438. The highest BCUT2D eigenvalue weighted by Crippen LogP contribution is 2.32. The minimum absolute atomic E-state index is 0.279. The van der Waals surface area contributed by atoms with Gasteiger partial charge in [0, 0.05) is 10.5 Å². The first kappa shape index (κ1) is 19.7. The van der Waals surface area contributed by atoms with E-state index in [2.05, 4.69) is 29.3 Å². The van der Waals surface area contributed by atoms with Gasteiger partial charge in [-0.3, -0.25) is 0 Å². The predicted octanol–water partition coefficient (Wildman–Crippen LogP) is 4.83. The van der Waals surface area contributed by atoms with E-state index in [-0.39, 0.29) is 6.42 Å². The van der Waals surface area contributed by atoms with Gasteiger partial charge in [-0.2, -0.15) is 0 Å². The zero-order chi connectivity index (χ0) is 17.1. The molecule has 2 rings (SSSR count). The third-order valence-electron chi connectivity index (χ3n) is 3.01. The molecule has 1 aromatic rings. The molecule has 0 radical (unpaired) electrons. The fourth-order valence-electron chi connectivity index (χ4n) is 1.94. The maximum absolute atomic E-state index is 10.5. The minimum Gasteiger partial charge on any atom is -0.387 e. The van der Waals surface area contributed by atoms with E-state index in [9.17, 15) is 4.91 Å². The van der Waals surface area contributed by atoms with Gasteiger partial charge in [-0.05, 0) is 71.0 Å². The van der Waals surface area contributed by atoms with Crippen LogP contribution in [0, 0.1) is 4.91 Å². The molecular formula is C16H23ClN4OS. The van der Waals surface area contributed by atoms with Crippen LogP contribution < -0.4 is 11.1 Å². The first-order valence-electron chi connectivity index (χ1n) is 7.64. The van der Waals surface area contributed by atoms with E-state index in [1.54, 1.807) is 6.08 Å². The average molecular weight is 355 g/mol. The first-order valence-corrected chi connectivity index (χ1v) is 9.29. The number of aliphatic imine (C=N–C) groups is 1. The molecule has 0 unspecified atom stereocenters. The summed E-state index contributed by atoms with van der Waals surface area (Å²) in [4.78, 5) is 15.6. The molecule has 0 spiro atoms. The van der Waals surface area contributed by atoms with Crippen LogP contribution in [-0.4, -0.2) is 18.9 Å². The number of hydrogen-bond acceptors (Lipinski definition) is 6. The van der Waals surface area contributed by atoms with E-state index in [4.69, 9.17) is 16.4 Å². The molecule has 0 saturated heterocycles. The van der Waals surface area contributed by atoms with Crippen molar-refractivity contribution in [2.75, 3.05) is 13.1 Å². The highest BCUT2D eigenvalue weighted by molar-refractivity contribution is 8.21. The van der Waals surface area contributed by atoms with Crippen molar-refractivity contribution in [3.8, 4) is 0 Å². The SMILES string of the molecule is CCCNCCC.NC1=Nc2cc(SCl)ccc2C=C(N=O)C1. The second kappa shape index (κ2) is 11.2. The quantitative estimate of drug-likeness (QED) is 0.566. The molecule has 23 heavy (non-hydrogen) atoms. The monoisotopic (exact) mass is 354 g/mol. The third-order valence-corrected chi connectivity index (χ3v) is 3.98. The van der Waals surface area contributed by atoms with Gasteiger partial charge < -0.3 is 11.1 Å². The van der Waals surface area contributed by atoms with Gasteiger partial charge in [0.1, 0.15) is 5.84 Å². The lowest BCUT2D eigenvalue weighted by atomic mass is 10.1. The van der Waals surface area contributed by atoms with Crippen LogP contribution in [0.3, 0.4) is 0 Å². The summed E-state index contributed by atoms with van der Waals surface area (Å²) in [7, 11) is 6.77. The smallest absolute Gasteiger partial charge is 0.106 e. The first-order chi connectivity index (χ1) is 11.1. The lowest BCUT2D eigenvalue weighted by Crippen LogP contribution is -2.14. The average Bonchev–Trinajstić information content (AvgIpc) is 2.72. The lowest BCUT2D eigenvalue weighted by molar-refractivity contribution is 0.662. The topological polar surface area (TPSA) is 79.8 Å². The van der Waals surface area contributed by atoms with Crippen molar-refractivity contribution in [1.82, 2.24) is 5.32 Å². The summed E-state index contributed by atoms with van der Waals surface area (Å²) >= 11 is 0. The molecule has 5 nitrogen and oxygen atoms in total. The Morgan fingerprint density at radius 3 is 2.61 bits per heavy atom. The number of nitrogens with zero attached hydrogens (tertiary/aromatic N) is 2. The van der Waals surface area contributed by atoms with E-state index in [1.807, 2.05) is 18.2 Å². The van der Waals surface area contributed by atoms with E-state index in [0.29, 0.717) is 17.2 Å². The summed E-state index contributed by atoms with van der Waals surface area (Å²) < 4.78 is 0. The molecule has 1 aliphatic heterocycles. The van der Waals surface area contributed by atoms with E-state index in [1.165, 1.54) is 25.9 Å². The molecule has 0 atom stereocenters. The molecule has 0 fully saturated rings. The van der Waals surface area contributed by atoms with Crippen molar-refractivity contribution in [2.24, 2.45) is 15.9 Å². The Kier molecular flexibility index (Phi) is 9.59. The maximum Gasteiger partial charge on any atom is 0.106 e. The molecule has 1 aromatic carbocycles. The van der Waals surface area contributed by atoms with Crippen molar-refractivity contribution >= 4 is 39.3 Å². The van der Waals surface area contributed by atoms with Gasteiger partial charge >= 0.3 is 0 Å². The predicted molar refractivity (Wildman–Crippen MR) is 101 cm³/mol. The lowest BCUT2D eigenvalue weighted by Gasteiger charge is -2.01. The van der Waals surface area contributed by atoms with Gasteiger partial charge in [0.15, 0.2) is 0 Å². The van der Waals surface area contributed by atoms with Crippen molar-refractivity contribution in [3.05, 3.63) is 34.4 Å². The molecule has 7 heteroatoms. The Hall–Kier alpha value is -1.37. The molecule has 126 valence electrons. The molecule has 0 aromatic heterocycles. The van der Waals surface area contributed by atoms with Crippen LogP contribution in [0.15, 0.2) is 39.0 Å². The fourth-order valence-corrected chi connectivity index (χ4v) is 2.50. The second-order valence-electron chi connectivity index (χ2n) is 5.05. The number of benzene rings is 1. The van der Waals surface area contributed by atoms with Crippen LogP contribution in [-0.2, 0) is 0 Å². The van der Waals surface area contributed by atoms with E-state index < -0.39 is 0 Å². The van der Waals surface area contributed by atoms with Crippen molar-refractivity contribution in [2.45, 2.75) is 38.0 Å². The van der Waals surface area contributed by atoms with Gasteiger partial charge in [0.25, 0.3) is 0 Å². The van der Waals surface area contributed by atoms with Gasteiger partial charge in [0.05, 0.1) is 17.8 Å². The summed E-state index contributed by atoms with van der Waals surface area (Å²) in [6.07, 6.45) is 4.47. The molecule has 1 aliphatic rings.